The molecule has 3 heterocycles. The quantitative estimate of drug-likeness (QED) is 0.388. The first-order valence-corrected chi connectivity index (χ1v) is 12.9. The fourth-order valence-corrected chi connectivity index (χ4v) is 5.38. The molecular weight excluding hydrogens is 525 g/mol. The molecule has 14 heteroatoms. The van der Waals surface area contributed by atoms with Crippen LogP contribution in [0.15, 0.2) is 70.3 Å². The van der Waals surface area contributed by atoms with Crippen LogP contribution in [0, 0.1) is 0 Å². The van der Waals surface area contributed by atoms with Crippen LogP contribution in [0.25, 0.3) is 22.5 Å². The highest BCUT2D eigenvalue weighted by Gasteiger charge is 2.38. The van der Waals surface area contributed by atoms with E-state index in [0.29, 0.717) is 19.0 Å². The fourth-order valence-electron chi connectivity index (χ4n) is 3.96. The summed E-state index contributed by atoms with van der Waals surface area (Å²) in [7, 11) is -3.72. The zero-order valence-electron chi connectivity index (χ0n) is 19.7. The molecular formula is C24H21F3N6O4S. The molecule has 0 saturated carbocycles. The maximum atomic E-state index is 13.2. The van der Waals surface area contributed by atoms with Gasteiger partial charge in [-0.3, -0.25) is 0 Å². The first-order valence-electron chi connectivity index (χ1n) is 11.4. The van der Waals surface area contributed by atoms with Gasteiger partial charge in [0.2, 0.25) is 21.8 Å². The number of piperazine rings is 1. The highest BCUT2D eigenvalue weighted by molar-refractivity contribution is 7.89. The predicted octanol–water partition coefficient (Wildman–Crippen LogP) is 3.22. The van der Waals surface area contributed by atoms with Crippen LogP contribution in [0.3, 0.4) is 0 Å². The molecule has 5 rings (SSSR count). The number of hydrogen-bond acceptors (Lipinski definition) is 9. The summed E-state index contributed by atoms with van der Waals surface area (Å²) in [5.74, 6) is -1.44. The van der Waals surface area contributed by atoms with E-state index >= 15 is 0 Å². The molecule has 1 saturated heterocycles. The van der Waals surface area contributed by atoms with Crippen LogP contribution in [0.5, 0.6) is 0 Å². The number of hydrogen-bond donors (Lipinski definition) is 1. The minimum atomic E-state index is -4.75. The second-order valence-corrected chi connectivity index (χ2v) is 10.4. The Balaban J connectivity index is 1.22. The third kappa shape index (κ3) is 5.23. The number of halogens is 3. The largest absolute Gasteiger partial charge is 0.471 e. The van der Waals surface area contributed by atoms with Crippen molar-refractivity contribution >= 4 is 16.0 Å². The Morgan fingerprint density at radius 2 is 1.45 bits per heavy atom. The summed E-state index contributed by atoms with van der Waals surface area (Å²) in [6.45, 7) is 1.02. The van der Waals surface area contributed by atoms with Gasteiger partial charge in [-0.25, -0.2) is 18.4 Å². The number of benzene rings is 2. The van der Waals surface area contributed by atoms with Gasteiger partial charge in [0.25, 0.3) is 0 Å². The number of nitrogens with zero attached hydrogens (tertiary/aromatic N) is 6. The molecule has 0 radical (unpaired) electrons. The van der Waals surface area contributed by atoms with Gasteiger partial charge in [0.15, 0.2) is 0 Å². The van der Waals surface area contributed by atoms with E-state index in [1.807, 2.05) is 24.3 Å². The van der Waals surface area contributed by atoms with Gasteiger partial charge >= 0.3 is 12.1 Å². The normalized spacial score (nSPS) is 15.1. The third-order valence-electron chi connectivity index (χ3n) is 6.05. The SMILES string of the molecule is O=S(=O)(c1ccc(-c2ccc(CO)cc2)cc1)N1CCN(c2ncc(-c3noc(C(F)(F)F)n3)cn2)CC1. The van der Waals surface area contributed by atoms with Crippen molar-refractivity contribution in [3.63, 3.8) is 0 Å². The Hall–Kier alpha value is -3.88. The Labute approximate surface area is 215 Å². The van der Waals surface area contributed by atoms with E-state index in [1.54, 1.807) is 29.2 Å². The average Bonchev–Trinajstić information content (AvgIpc) is 3.45. The molecule has 0 spiro atoms. The molecule has 1 aliphatic rings. The lowest BCUT2D eigenvalue weighted by Gasteiger charge is -2.34. The van der Waals surface area contributed by atoms with Crippen molar-refractivity contribution in [1.29, 1.82) is 0 Å². The standard InChI is InChI=1S/C24H21F3N6O4S/c25-24(26,27)22-30-21(31-37-22)19-13-28-23(29-14-19)32-9-11-33(12-10-32)38(35,36)20-7-5-18(6-8-20)17-3-1-16(15-34)2-4-17/h1-8,13-14,34H,9-12,15H2. The number of sulfonamides is 1. The van der Waals surface area contributed by atoms with E-state index in [1.165, 1.54) is 16.7 Å². The van der Waals surface area contributed by atoms with E-state index in [-0.39, 0.29) is 36.0 Å². The summed E-state index contributed by atoms with van der Waals surface area (Å²) >= 11 is 0. The number of aliphatic hydroxyl groups is 1. The lowest BCUT2D eigenvalue weighted by atomic mass is 10.0. The van der Waals surface area contributed by atoms with Gasteiger partial charge < -0.3 is 14.5 Å². The van der Waals surface area contributed by atoms with Crippen LogP contribution in [-0.2, 0) is 22.8 Å². The number of aliphatic hydroxyl groups excluding tert-OH is 1. The second kappa shape index (κ2) is 10.1. The summed E-state index contributed by atoms with van der Waals surface area (Å²) in [5, 5.41) is 12.5. The summed E-state index contributed by atoms with van der Waals surface area (Å²) in [5.41, 5.74) is 2.71. The number of aromatic nitrogens is 4. The minimum Gasteiger partial charge on any atom is -0.392 e. The van der Waals surface area contributed by atoms with Gasteiger partial charge in [-0.1, -0.05) is 41.6 Å². The molecule has 1 aliphatic heterocycles. The number of alkyl halides is 3. The molecule has 1 fully saturated rings. The van der Waals surface area contributed by atoms with Crippen LogP contribution in [-0.4, -0.2) is 64.1 Å². The third-order valence-corrected chi connectivity index (χ3v) is 7.96. The molecule has 0 aliphatic carbocycles. The first kappa shape index (κ1) is 25.8. The van der Waals surface area contributed by atoms with Gasteiger partial charge in [0.05, 0.1) is 17.1 Å². The van der Waals surface area contributed by atoms with Crippen molar-refractivity contribution in [2.24, 2.45) is 0 Å². The topological polar surface area (TPSA) is 126 Å². The van der Waals surface area contributed by atoms with Crippen molar-refractivity contribution in [3.05, 3.63) is 72.4 Å². The van der Waals surface area contributed by atoms with Crippen LogP contribution in [0.1, 0.15) is 11.5 Å². The number of anilines is 1. The first-order chi connectivity index (χ1) is 18.1. The van der Waals surface area contributed by atoms with E-state index in [4.69, 9.17) is 0 Å². The number of rotatable bonds is 6. The molecule has 2 aromatic heterocycles. The van der Waals surface area contributed by atoms with Crippen molar-refractivity contribution in [3.8, 4) is 22.5 Å². The Morgan fingerprint density at radius 1 is 0.868 bits per heavy atom. The van der Waals surface area contributed by atoms with Gasteiger partial charge in [-0.05, 0) is 28.8 Å². The molecule has 0 unspecified atom stereocenters. The van der Waals surface area contributed by atoms with Crippen LogP contribution in [0.2, 0.25) is 0 Å². The van der Waals surface area contributed by atoms with Gasteiger partial charge in [-0.15, -0.1) is 0 Å². The average molecular weight is 547 g/mol. The predicted molar refractivity (Wildman–Crippen MR) is 129 cm³/mol. The monoisotopic (exact) mass is 546 g/mol. The Bertz CT molecular complexity index is 1500. The second-order valence-electron chi connectivity index (χ2n) is 8.46. The van der Waals surface area contributed by atoms with E-state index in [0.717, 1.165) is 16.7 Å². The van der Waals surface area contributed by atoms with Crippen LogP contribution < -0.4 is 4.90 Å². The van der Waals surface area contributed by atoms with Gasteiger partial charge in [-0.2, -0.15) is 22.5 Å². The zero-order chi connectivity index (χ0) is 26.9. The molecule has 198 valence electrons. The summed E-state index contributed by atoms with van der Waals surface area (Å²) in [4.78, 5) is 13.6. The smallest absolute Gasteiger partial charge is 0.392 e. The maximum Gasteiger partial charge on any atom is 0.471 e. The minimum absolute atomic E-state index is 0.0471. The molecule has 1 N–H and O–H groups in total. The van der Waals surface area contributed by atoms with E-state index < -0.39 is 22.1 Å². The van der Waals surface area contributed by atoms with Gasteiger partial charge in [0.1, 0.15) is 0 Å². The Kier molecular flexibility index (Phi) is 6.86. The van der Waals surface area contributed by atoms with Crippen molar-refractivity contribution in [1.82, 2.24) is 24.4 Å². The van der Waals surface area contributed by atoms with Gasteiger partial charge in [0, 0.05) is 38.6 Å². The molecule has 4 aromatic rings. The molecule has 38 heavy (non-hydrogen) atoms. The highest BCUT2D eigenvalue weighted by Crippen LogP contribution is 2.29. The lowest BCUT2D eigenvalue weighted by Crippen LogP contribution is -2.49. The highest BCUT2D eigenvalue weighted by atomic mass is 32.2. The van der Waals surface area contributed by atoms with Crippen LogP contribution in [0.4, 0.5) is 19.1 Å². The fraction of sp³-hybridized carbons (Fsp3) is 0.250. The van der Waals surface area contributed by atoms with E-state index in [9.17, 15) is 26.7 Å². The van der Waals surface area contributed by atoms with Crippen molar-refractivity contribution in [2.45, 2.75) is 17.7 Å². The zero-order valence-corrected chi connectivity index (χ0v) is 20.5. The lowest BCUT2D eigenvalue weighted by molar-refractivity contribution is -0.159. The van der Waals surface area contributed by atoms with Crippen molar-refractivity contribution in [2.75, 3.05) is 31.1 Å². The van der Waals surface area contributed by atoms with Crippen molar-refractivity contribution < 1.29 is 31.2 Å². The molecule has 0 atom stereocenters. The Morgan fingerprint density at radius 3 is 1.97 bits per heavy atom. The summed E-state index contributed by atoms with van der Waals surface area (Å²) < 4.78 is 70.0. The molecule has 10 nitrogen and oxygen atoms in total. The molecule has 2 aromatic carbocycles. The maximum absolute atomic E-state index is 13.2. The van der Waals surface area contributed by atoms with Crippen LogP contribution >= 0.6 is 0 Å². The summed E-state index contributed by atoms with van der Waals surface area (Å²) in [6, 6.07) is 14.0. The molecule has 0 amide bonds. The van der Waals surface area contributed by atoms with E-state index in [2.05, 4.69) is 24.6 Å². The molecule has 0 bridgehead atoms. The summed E-state index contributed by atoms with van der Waals surface area (Å²) in [6.07, 6.45) is -2.17.